The van der Waals surface area contributed by atoms with E-state index >= 15 is 0 Å². The molecule has 0 aliphatic carbocycles. The highest BCUT2D eigenvalue weighted by Crippen LogP contribution is 2.34. The van der Waals surface area contributed by atoms with Crippen molar-refractivity contribution in [3.05, 3.63) is 66.0 Å². The summed E-state index contributed by atoms with van der Waals surface area (Å²) in [7, 11) is 3.42. The van der Waals surface area contributed by atoms with Crippen molar-refractivity contribution in [2.75, 3.05) is 19.0 Å². The van der Waals surface area contributed by atoms with Crippen LogP contribution in [0.25, 0.3) is 11.1 Å². The van der Waals surface area contributed by atoms with Gasteiger partial charge in [0.25, 0.3) is 0 Å². The summed E-state index contributed by atoms with van der Waals surface area (Å²) in [5.74, 6) is -1.13. The van der Waals surface area contributed by atoms with Gasteiger partial charge in [0.05, 0.1) is 30.9 Å². The van der Waals surface area contributed by atoms with Gasteiger partial charge >= 0.3 is 5.97 Å². The number of methoxy groups -OCH3 is 1. The van der Waals surface area contributed by atoms with Crippen molar-refractivity contribution < 1.29 is 14.6 Å². The molecule has 1 atom stereocenters. The van der Waals surface area contributed by atoms with Gasteiger partial charge < -0.3 is 15.2 Å². The van der Waals surface area contributed by atoms with E-state index in [0.717, 1.165) is 28.1 Å². The van der Waals surface area contributed by atoms with Gasteiger partial charge in [-0.15, -0.1) is 0 Å². The van der Waals surface area contributed by atoms with Crippen LogP contribution in [0.15, 0.2) is 54.9 Å². The lowest BCUT2D eigenvalue weighted by molar-refractivity contribution is -0.137. The molecule has 3 rings (SSSR count). The summed E-state index contributed by atoms with van der Waals surface area (Å²) in [6.45, 7) is 0.314. The maximum Gasteiger partial charge on any atom is 0.304 e. The van der Waals surface area contributed by atoms with E-state index in [2.05, 4.69) is 16.5 Å². The highest BCUT2D eigenvalue weighted by Gasteiger charge is 2.18. The quantitative estimate of drug-likeness (QED) is 0.605. The number of aliphatic carboxylic acids is 1. The molecule has 0 fully saturated rings. The molecule has 0 saturated heterocycles. The second-order valence-electron chi connectivity index (χ2n) is 6.77. The number of anilines is 2. The van der Waals surface area contributed by atoms with E-state index in [1.165, 1.54) is 0 Å². The molecule has 7 nitrogen and oxygen atoms in total. The molecule has 0 bridgehead atoms. The Morgan fingerprint density at radius 3 is 2.66 bits per heavy atom. The van der Waals surface area contributed by atoms with E-state index in [1.807, 2.05) is 43.6 Å². The van der Waals surface area contributed by atoms with Crippen LogP contribution in [0.5, 0.6) is 0 Å². The van der Waals surface area contributed by atoms with E-state index in [9.17, 15) is 9.90 Å². The minimum atomic E-state index is -0.870. The molecule has 0 aliphatic heterocycles. The lowest BCUT2D eigenvalue weighted by Gasteiger charge is -2.18. The first-order chi connectivity index (χ1) is 14.0. The molecule has 7 heteroatoms. The molecule has 1 aromatic heterocycles. The third kappa shape index (κ3) is 5.00. The van der Waals surface area contributed by atoms with Crippen LogP contribution in [-0.2, 0) is 16.6 Å². The zero-order chi connectivity index (χ0) is 20.8. The SMILES string of the molecule is COC[C@@H](CC(=O)O)c1ccc(-c2cnn(C)c2)c(Nc2ccc(C#N)cc2)c1. The average Bonchev–Trinajstić information content (AvgIpc) is 3.14. The lowest BCUT2D eigenvalue weighted by Crippen LogP contribution is -2.12. The van der Waals surface area contributed by atoms with Crippen LogP contribution in [0.3, 0.4) is 0 Å². The molecule has 2 N–H and O–H groups in total. The molecule has 0 spiro atoms. The maximum absolute atomic E-state index is 11.3. The topological polar surface area (TPSA) is 100 Å². The molecule has 0 unspecified atom stereocenters. The van der Waals surface area contributed by atoms with Crippen LogP contribution in [0.1, 0.15) is 23.5 Å². The standard InChI is InChI=1S/C22H22N4O3/c1-26-13-18(12-24-26)20-8-5-16(17(14-29-2)10-22(27)28)9-21(20)25-19-6-3-15(11-23)4-7-19/h3-9,12-13,17,25H,10,14H2,1-2H3,(H,27,28)/t17-/m1/s1. The van der Waals surface area contributed by atoms with Crippen molar-refractivity contribution in [1.29, 1.82) is 5.26 Å². The largest absolute Gasteiger partial charge is 0.481 e. The molecule has 29 heavy (non-hydrogen) atoms. The van der Waals surface area contributed by atoms with Crippen LogP contribution in [0, 0.1) is 11.3 Å². The van der Waals surface area contributed by atoms with E-state index in [-0.39, 0.29) is 12.3 Å². The number of nitrogens with zero attached hydrogens (tertiary/aromatic N) is 3. The number of nitrogens with one attached hydrogen (secondary N) is 1. The second kappa shape index (κ2) is 9.04. The monoisotopic (exact) mass is 390 g/mol. The van der Waals surface area contributed by atoms with Gasteiger partial charge in [-0.2, -0.15) is 10.4 Å². The molecule has 0 amide bonds. The number of rotatable bonds is 8. The molecule has 2 aromatic carbocycles. The van der Waals surface area contributed by atoms with Gasteiger partial charge in [0.15, 0.2) is 0 Å². The molecule has 3 aromatic rings. The molecular weight excluding hydrogens is 368 g/mol. The maximum atomic E-state index is 11.3. The number of hydrogen-bond donors (Lipinski definition) is 2. The van der Waals surface area contributed by atoms with Gasteiger partial charge in [-0.1, -0.05) is 12.1 Å². The third-order valence-corrected chi connectivity index (χ3v) is 4.61. The fraction of sp³-hybridized carbons (Fsp3) is 0.227. The number of carboxylic acids is 1. The number of ether oxygens (including phenoxy) is 1. The number of hydrogen-bond acceptors (Lipinski definition) is 5. The van der Waals surface area contributed by atoms with E-state index < -0.39 is 5.97 Å². The Bertz CT molecular complexity index is 1030. The first-order valence-electron chi connectivity index (χ1n) is 9.11. The zero-order valence-corrected chi connectivity index (χ0v) is 16.3. The molecule has 1 heterocycles. The van der Waals surface area contributed by atoms with E-state index in [0.29, 0.717) is 12.2 Å². The van der Waals surface area contributed by atoms with E-state index in [4.69, 9.17) is 10.00 Å². The Balaban J connectivity index is 2.02. The van der Waals surface area contributed by atoms with Gasteiger partial charge in [0.2, 0.25) is 0 Å². The summed E-state index contributed by atoms with van der Waals surface area (Å²) in [5.41, 5.74) is 4.99. The van der Waals surface area contributed by atoms with Gasteiger partial charge in [-0.25, -0.2) is 0 Å². The zero-order valence-electron chi connectivity index (χ0n) is 16.3. The number of aryl methyl sites for hydroxylation is 1. The smallest absolute Gasteiger partial charge is 0.304 e. The van der Waals surface area contributed by atoms with Crippen molar-refractivity contribution in [2.24, 2.45) is 7.05 Å². The normalized spacial score (nSPS) is 11.6. The molecule has 0 aliphatic rings. The summed E-state index contributed by atoms with van der Waals surface area (Å²) < 4.78 is 6.96. The number of carbonyl (C=O) groups is 1. The van der Waals surface area contributed by atoms with Crippen molar-refractivity contribution >= 4 is 17.3 Å². The van der Waals surface area contributed by atoms with Gasteiger partial charge in [-0.05, 0) is 35.9 Å². The Morgan fingerprint density at radius 1 is 1.31 bits per heavy atom. The van der Waals surface area contributed by atoms with Crippen molar-refractivity contribution in [3.8, 4) is 17.2 Å². The number of nitriles is 1. The van der Waals surface area contributed by atoms with Gasteiger partial charge in [-0.3, -0.25) is 9.48 Å². The highest BCUT2D eigenvalue weighted by molar-refractivity contribution is 5.81. The van der Waals surface area contributed by atoms with Crippen LogP contribution in [-0.4, -0.2) is 34.6 Å². The minimum Gasteiger partial charge on any atom is -0.481 e. The summed E-state index contributed by atoms with van der Waals surface area (Å²) in [6.07, 6.45) is 3.68. The number of benzene rings is 2. The van der Waals surface area contributed by atoms with Gasteiger partial charge in [0, 0.05) is 48.8 Å². The van der Waals surface area contributed by atoms with Crippen LogP contribution >= 0.6 is 0 Å². The predicted octanol–water partition coefficient (Wildman–Crippen LogP) is 3.91. The fourth-order valence-electron chi connectivity index (χ4n) is 3.20. The van der Waals surface area contributed by atoms with Crippen LogP contribution in [0.2, 0.25) is 0 Å². The summed E-state index contributed by atoms with van der Waals surface area (Å²) >= 11 is 0. The Hall–Kier alpha value is -3.63. The minimum absolute atomic E-state index is 0.0175. The average molecular weight is 390 g/mol. The summed E-state index contributed by atoms with van der Waals surface area (Å²) in [4.78, 5) is 11.3. The second-order valence-corrected chi connectivity index (χ2v) is 6.77. The predicted molar refractivity (Wildman–Crippen MR) is 110 cm³/mol. The number of aromatic nitrogens is 2. The van der Waals surface area contributed by atoms with Crippen LogP contribution < -0.4 is 5.32 Å². The first kappa shape index (κ1) is 20.1. The Labute approximate surface area is 169 Å². The molecular formula is C22H22N4O3. The number of carboxylic acid groups (broad SMARTS) is 1. The third-order valence-electron chi connectivity index (χ3n) is 4.61. The lowest BCUT2D eigenvalue weighted by atomic mass is 9.93. The first-order valence-corrected chi connectivity index (χ1v) is 9.11. The summed E-state index contributed by atoms with van der Waals surface area (Å²) in [6, 6.07) is 15.1. The van der Waals surface area contributed by atoms with Gasteiger partial charge in [0.1, 0.15) is 0 Å². The molecule has 0 radical (unpaired) electrons. The Morgan fingerprint density at radius 2 is 2.07 bits per heavy atom. The fourth-order valence-corrected chi connectivity index (χ4v) is 3.20. The van der Waals surface area contributed by atoms with Crippen LogP contribution in [0.4, 0.5) is 11.4 Å². The molecule has 0 saturated carbocycles. The Kier molecular flexibility index (Phi) is 6.27. The van der Waals surface area contributed by atoms with Crippen molar-refractivity contribution in [3.63, 3.8) is 0 Å². The van der Waals surface area contributed by atoms with Crippen molar-refractivity contribution in [2.45, 2.75) is 12.3 Å². The van der Waals surface area contributed by atoms with E-state index in [1.54, 1.807) is 30.1 Å². The summed E-state index contributed by atoms with van der Waals surface area (Å²) in [5, 5.41) is 25.9. The molecule has 148 valence electrons. The van der Waals surface area contributed by atoms with Crippen molar-refractivity contribution in [1.82, 2.24) is 9.78 Å². The highest BCUT2D eigenvalue weighted by atomic mass is 16.5.